The highest BCUT2D eigenvalue weighted by Gasteiger charge is 2.28. The predicted molar refractivity (Wildman–Crippen MR) is 83.7 cm³/mol. The molecule has 0 saturated heterocycles. The number of ketones is 1. The summed E-state index contributed by atoms with van der Waals surface area (Å²) in [5.74, 6) is 1.25. The minimum atomic E-state index is 0.210. The summed E-state index contributed by atoms with van der Waals surface area (Å²) in [5, 5.41) is 0. The molecule has 0 fully saturated rings. The Balaban J connectivity index is 1.76. The number of carbonyl (C=O) groups is 1. The van der Waals surface area contributed by atoms with Gasteiger partial charge in [-0.1, -0.05) is 42.5 Å². The van der Waals surface area contributed by atoms with E-state index in [1.54, 1.807) is 0 Å². The molecule has 1 unspecified atom stereocenters. The van der Waals surface area contributed by atoms with Gasteiger partial charge in [-0.2, -0.15) is 0 Å². The zero-order valence-electron chi connectivity index (χ0n) is 11.9. The monoisotopic (exact) mass is 278 g/mol. The lowest BCUT2D eigenvalue weighted by atomic mass is 9.98. The van der Waals surface area contributed by atoms with Crippen LogP contribution in [0.4, 0.5) is 0 Å². The van der Waals surface area contributed by atoms with Gasteiger partial charge in [0.1, 0.15) is 12.4 Å². The first kappa shape index (κ1) is 13.6. The number of ether oxygens (including phenoxy) is 1. The number of benzene rings is 2. The second-order valence-electron chi connectivity index (χ2n) is 5.37. The smallest absolute Gasteiger partial charge is 0.163 e. The van der Waals surface area contributed by atoms with Crippen LogP contribution in [0.5, 0.6) is 5.75 Å². The molecule has 0 bridgehead atoms. The van der Waals surface area contributed by atoms with Crippen LogP contribution in [0, 0.1) is 0 Å². The van der Waals surface area contributed by atoms with Gasteiger partial charge in [0.05, 0.1) is 0 Å². The number of rotatable bonds is 5. The van der Waals surface area contributed by atoms with Crippen molar-refractivity contribution in [2.75, 3.05) is 0 Å². The molecule has 2 aromatic carbocycles. The average Bonchev–Trinajstić information content (AvgIpc) is 2.83. The number of carbonyl (C=O) groups excluding carboxylic acids is 1. The maximum Gasteiger partial charge on any atom is 0.163 e. The number of allylic oxidation sites excluding steroid dienone is 1. The van der Waals surface area contributed by atoms with Crippen molar-refractivity contribution >= 4 is 5.78 Å². The molecule has 2 aromatic rings. The quantitative estimate of drug-likeness (QED) is 0.752. The summed E-state index contributed by atoms with van der Waals surface area (Å²) < 4.78 is 5.79. The number of fused-ring (bicyclic) bond motifs is 1. The summed E-state index contributed by atoms with van der Waals surface area (Å²) in [7, 11) is 0. The number of hydrogen-bond acceptors (Lipinski definition) is 2. The zero-order chi connectivity index (χ0) is 14.7. The van der Waals surface area contributed by atoms with Crippen LogP contribution in [0.2, 0.25) is 0 Å². The fourth-order valence-corrected chi connectivity index (χ4v) is 2.82. The first-order valence-electron chi connectivity index (χ1n) is 7.22. The molecular weight excluding hydrogens is 260 g/mol. The van der Waals surface area contributed by atoms with Crippen molar-refractivity contribution in [3.8, 4) is 5.75 Å². The highest BCUT2D eigenvalue weighted by atomic mass is 16.5. The van der Waals surface area contributed by atoms with Crippen LogP contribution >= 0.6 is 0 Å². The second kappa shape index (κ2) is 5.96. The Labute approximate surface area is 125 Å². The van der Waals surface area contributed by atoms with Crippen LogP contribution in [-0.4, -0.2) is 5.78 Å². The molecular formula is C19H18O2. The van der Waals surface area contributed by atoms with Crippen molar-refractivity contribution in [2.45, 2.75) is 25.4 Å². The van der Waals surface area contributed by atoms with Gasteiger partial charge in [0, 0.05) is 12.0 Å². The summed E-state index contributed by atoms with van der Waals surface area (Å²) in [5.41, 5.74) is 3.06. The highest BCUT2D eigenvalue weighted by molar-refractivity contribution is 6.01. The summed E-state index contributed by atoms with van der Waals surface area (Å²) in [6.45, 7) is 4.28. The molecule has 0 aliphatic heterocycles. The fraction of sp³-hybridized carbons (Fsp3) is 0.211. The summed E-state index contributed by atoms with van der Waals surface area (Å²) in [4.78, 5) is 12.1. The van der Waals surface area contributed by atoms with E-state index in [2.05, 4.69) is 6.58 Å². The van der Waals surface area contributed by atoms with Crippen LogP contribution in [0.15, 0.2) is 61.2 Å². The van der Waals surface area contributed by atoms with E-state index in [1.807, 2.05) is 54.6 Å². The van der Waals surface area contributed by atoms with Crippen molar-refractivity contribution in [3.05, 3.63) is 77.9 Å². The molecule has 2 nitrogen and oxygen atoms in total. The minimum absolute atomic E-state index is 0.210. The molecule has 1 aliphatic rings. The Morgan fingerprint density at radius 3 is 2.76 bits per heavy atom. The SMILES string of the molecule is C=CCC1CC(=O)c2cc(OCc3ccccc3)ccc21. The normalized spacial score (nSPS) is 16.6. The van der Waals surface area contributed by atoms with E-state index in [0.29, 0.717) is 13.0 Å². The predicted octanol–water partition coefficient (Wildman–Crippen LogP) is 4.51. The molecule has 0 radical (unpaired) electrons. The van der Waals surface area contributed by atoms with Gasteiger partial charge in [-0.3, -0.25) is 4.79 Å². The maximum absolute atomic E-state index is 12.1. The molecule has 0 saturated carbocycles. The lowest BCUT2D eigenvalue weighted by Gasteiger charge is -2.10. The Hall–Kier alpha value is -2.35. The zero-order valence-corrected chi connectivity index (χ0v) is 11.9. The third-order valence-corrected chi connectivity index (χ3v) is 3.90. The molecule has 1 aliphatic carbocycles. The van der Waals surface area contributed by atoms with Crippen molar-refractivity contribution in [3.63, 3.8) is 0 Å². The van der Waals surface area contributed by atoms with Gasteiger partial charge in [0.15, 0.2) is 5.78 Å². The van der Waals surface area contributed by atoms with Crippen molar-refractivity contribution in [2.24, 2.45) is 0 Å². The topological polar surface area (TPSA) is 26.3 Å². The van der Waals surface area contributed by atoms with E-state index in [1.165, 1.54) is 0 Å². The molecule has 0 spiro atoms. The Kier molecular flexibility index (Phi) is 3.87. The summed E-state index contributed by atoms with van der Waals surface area (Å²) in [6.07, 6.45) is 3.32. The van der Waals surface area contributed by atoms with Crippen LogP contribution < -0.4 is 4.74 Å². The van der Waals surface area contributed by atoms with Gasteiger partial charge < -0.3 is 4.74 Å². The molecule has 0 aromatic heterocycles. The van der Waals surface area contributed by atoms with Gasteiger partial charge in [-0.05, 0) is 35.6 Å². The third kappa shape index (κ3) is 2.89. The number of Topliss-reactive ketones (excluding diaryl/α,β-unsaturated/α-hetero) is 1. The van der Waals surface area contributed by atoms with Gasteiger partial charge in [0.2, 0.25) is 0 Å². The fourth-order valence-electron chi connectivity index (χ4n) is 2.82. The van der Waals surface area contributed by atoms with Crippen LogP contribution in [-0.2, 0) is 6.61 Å². The Morgan fingerprint density at radius 2 is 2.00 bits per heavy atom. The van der Waals surface area contributed by atoms with Gasteiger partial charge >= 0.3 is 0 Å². The number of hydrogen-bond donors (Lipinski definition) is 0. The van der Waals surface area contributed by atoms with E-state index in [9.17, 15) is 4.79 Å². The lowest BCUT2D eigenvalue weighted by molar-refractivity contribution is 0.0988. The molecule has 21 heavy (non-hydrogen) atoms. The maximum atomic E-state index is 12.1. The Bertz CT molecular complexity index is 659. The average molecular weight is 278 g/mol. The van der Waals surface area contributed by atoms with E-state index in [0.717, 1.165) is 28.9 Å². The molecule has 0 N–H and O–H groups in total. The molecule has 0 heterocycles. The molecule has 2 heteroatoms. The van der Waals surface area contributed by atoms with E-state index < -0.39 is 0 Å². The molecule has 106 valence electrons. The first-order valence-corrected chi connectivity index (χ1v) is 7.22. The largest absolute Gasteiger partial charge is 0.489 e. The van der Waals surface area contributed by atoms with Gasteiger partial charge in [-0.25, -0.2) is 0 Å². The second-order valence-corrected chi connectivity index (χ2v) is 5.37. The highest BCUT2D eigenvalue weighted by Crippen LogP contribution is 2.37. The van der Waals surface area contributed by atoms with Crippen LogP contribution in [0.3, 0.4) is 0 Å². The lowest BCUT2D eigenvalue weighted by Crippen LogP contribution is -1.97. The third-order valence-electron chi connectivity index (χ3n) is 3.90. The molecule has 3 rings (SSSR count). The van der Waals surface area contributed by atoms with E-state index in [-0.39, 0.29) is 11.7 Å². The molecule has 1 atom stereocenters. The van der Waals surface area contributed by atoms with Crippen molar-refractivity contribution in [1.82, 2.24) is 0 Å². The first-order chi connectivity index (χ1) is 10.3. The van der Waals surface area contributed by atoms with Crippen molar-refractivity contribution in [1.29, 1.82) is 0 Å². The van der Waals surface area contributed by atoms with Crippen LogP contribution in [0.1, 0.15) is 40.2 Å². The van der Waals surface area contributed by atoms with E-state index in [4.69, 9.17) is 4.74 Å². The Morgan fingerprint density at radius 1 is 1.19 bits per heavy atom. The standard InChI is InChI=1S/C19H18O2/c1-2-6-15-11-19(20)18-12-16(9-10-17(15)18)21-13-14-7-4-3-5-8-14/h2-5,7-10,12,15H,1,6,11,13H2. The van der Waals surface area contributed by atoms with Crippen molar-refractivity contribution < 1.29 is 9.53 Å². The van der Waals surface area contributed by atoms with Gasteiger partial charge in [-0.15, -0.1) is 6.58 Å². The van der Waals surface area contributed by atoms with E-state index >= 15 is 0 Å². The minimum Gasteiger partial charge on any atom is -0.489 e. The van der Waals surface area contributed by atoms with Crippen LogP contribution in [0.25, 0.3) is 0 Å². The summed E-state index contributed by atoms with van der Waals surface area (Å²) >= 11 is 0. The summed E-state index contributed by atoms with van der Waals surface area (Å²) in [6, 6.07) is 15.9. The molecule has 0 amide bonds. The van der Waals surface area contributed by atoms with Gasteiger partial charge in [0.25, 0.3) is 0 Å².